The lowest BCUT2D eigenvalue weighted by Crippen LogP contribution is -1.97. The predicted octanol–water partition coefficient (Wildman–Crippen LogP) is 3.64. The van der Waals surface area contributed by atoms with Crippen LogP contribution in [0.25, 0.3) is 33.3 Å². The van der Waals surface area contributed by atoms with Gasteiger partial charge in [-0.1, -0.05) is 18.2 Å². The van der Waals surface area contributed by atoms with Crippen molar-refractivity contribution in [2.75, 3.05) is 5.73 Å². The predicted molar refractivity (Wildman–Crippen MR) is 95.1 cm³/mol. The number of hydrogen-bond donors (Lipinski definition) is 1. The van der Waals surface area contributed by atoms with E-state index in [1.165, 1.54) is 0 Å². The molecule has 0 saturated carbocycles. The molecule has 2 N–H and O–H groups in total. The van der Waals surface area contributed by atoms with Gasteiger partial charge in [0.2, 0.25) is 0 Å². The lowest BCUT2D eigenvalue weighted by atomic mass is 9.99. The van der Waals surface area contributed by atoms with Gasteiger partial charge < -0.3 is 5.73 Å². The van der Waals surface area contributed by atoms with E-state index in [0.29, 0.717) is 5.82 Å². The normalized spacial score (nSPS) is 10.9. The number of hydrogen-bond acceptors (Lipinski definition) is 5. The summed E-state index contributed by atoms with van der Waals surface area (Å²) in [6, 6.07) is 13.8. The van der Waals surface area contributed by atoms with Gasteiger partial charge in [-0.05, 0) is 31.2 Å². The van der Waals surface area contributed by atoms with Crippen LogP contribution in [0.5, 0.6) is 0 Å². The third kappa shape index (κ3) is 2.46. The fourth-order valence-electron chi connectivity index (χ4n) is 2.79. The van der Waals surface area contributed by atoms with E-state index in [-0.39, 0.29) is 0 Å². The first-order valence-electron chi connectivity index (χ1n) is 7.61. The second-order valence-electron chi connectivity index (χ2n) is 5.57. The van der Waals surface area contributed by atoms with Crippen LogP contribution in [0.3, 0.4) is 0 Å². The number of fused-ring (bicyclic) bond motifs is 1. The lowest BCUT2D eigenvalue weighted by Gasteiger charge is -2.11. The number of para-hydroxylation sites is 1. The van der Waals surface area contributed by atoms with Crippen LogP contribution in [0.2, 0.25) is 0 Å². The number of nitrogens with zero attached hydrogens (tertiary/aromatic N) is 4. The Kier molecular flexibility index (Phi) is 3.39. The zero-order valence-corrected chi connectivity index (χ0v) is 13.1. The van der Waals surface area contributed by atoms with Gasteiger partial charge in [-0.3, -0.25) is 4.98 Å². The van der Waals surface area contributed by atoms with Crippen LogP contribution >= 0.6 is 0 Å². The minimum absolute atomic E-state index is 0.488. The molecular formula is C19H15N5. The molecule has 0 aliphatic heterocycles. The Labute approximate surface area is 139 Å². The van der Waals surface area contributed by atoms with Gasteiger partial charge in [-0.25, -0.2) is 15.0 Å². The zero-order valence-electron chi connectivity index (χ0n) is 13.1. The van der Waals surface area contributed by atoms with Gasteiger partial charge >= 0.3 is 0 Å². The highest BCUT2D eigenvalue weighted by atomic mass is 14.9. The van der Waals surface area contributed by atoms with Crippen LogP contribution in [0.15, 0.2) is 61.2 Å². The van der Waals surface area contributed by atoms with Crippen LogP contribution in [0, 0.1) is 6.92 Å². The van der Waals surface area contributed by atoms with Crippen molar-refractivity contribution in [2.24, 2.45) is 0 Å². The fourth-order valence-corrected chi connectivity index (χ4v) is 2.79. The van der Waals surface area contributed by atoms with E-state index in [4.69, 9.17) is 5.73 Å². The summed E-state index contributed by atoms with van der Waals surface area (Å²) in [5.74, 6) is 0.488. The number of rotatable bonds is 2. The number of pyridine rings is 2. The van der Waals surface area contributed by atoms with Gasteiger partial charge in [0.1, 0.15) is 12.1 Å². The monoisotopic (exact) mass is 313 g/mol. The number of aromatic nitrogens is 4. The Morgan fingerprint density at radius 1 is 0.833 bits per heavy atom. The molecule has 0 atom stereocenters. The van der Waals surface area contributed by atoms with E-state index in [0.717, 1.165) is 39.0 Å². The molecule has 0 bridgehead atoms. The minimum atomic E-state index is 0.488. The Morgan fingerprint density at radius 3 is 2.50 bits per heavy atom. The van der Waals surface area contributed by atoms with Gasteiger partial charge in [0.15, 0.2) is 0 Å². The summed E-state index contributed by atoms with van der Waals surface area (Å²) in [4.78, 5) is 17.6. The number of aryl methyl sites for hydroxylation is 1. The maximum atomic E-state index is 5.70. The Morgan fingerprint density at radius 2 is 1.67 bits per heavy atom. The Balaban J connectivity index is 1.94. The molecule has 0 spiro atoms. The van der Waals surface area contributed by atoms with Crippen molar-refractivity contribution in [1.82, 2.24) is 19.9 Å². The topological polar surface area (TPSA) is 77.6 Å². The van der Waals surface area contributed by atoms with Gasteiger partial charge in [0.05, 0.1) is 11.2 Å². The lowest BCUT2D eigenvalue weighted by molar-refractivity contribution is 1.11. The Bertz CT molecular complexity index is 1030. The molecule has 3 heterocycles. The van der Waals surface area contributed by atoms with Crippen LogP contribution < -0.4 is 5.73 Å². The molecule has 4 rings (SSSR count). The van der Waals surface area contributed by atoms with E-state index < -0.39 is 0 Å². The van der Waals surface area contributed by atoms with Crippen LogP contribution in [-0.2, 0) is 0 Å². The molecular weight excluding hydrogens is 298 g/mol. The maximum Gasteiger partial charge on any atom is 0.123 e. The molecule has 5 nitrogen and oxygen atoms in total. The Hall–Kier alpha value is -3.34. The van der Waals surface area contributed by atoms with Crippen molar-refractivity contribution in [1.29, 1.82) is 0 Å². The molecule has 5 heteroatoms. The van der Waals surface area contributed by atoms with E-state index in [1.54, 1.807) is 18.6 Å². The number of anilines is 1. The highest BCUT2D eigenvalue weighted by molar-refractivity contribution is 5.87. The van der Waals surface area contributed by atoms with Crippen molar-refractivity contribution in [3.63, 3.8) is 0 Å². The minimum Gasteiger partial charge on any atom is -0.384 e. The molecule has 0 saturated heterocycles. The molecule has 0 fully saturated rings. The molecule has 3 aromatic heterocycles. The van der Waals surface area contributed by atoms with E-state index in [9.17, 15) is 0 Å². The quantitative estimate of drug-likeness (QED) is 0.611. The third-order valence-electron chi connectivity index (χ3n) is 3.98. The molecule has 116 valence electrons. The molecule has 4 aromatic rings. The summed E-state index contributed by atoms with van der Waals surface area (Å²) in [5, 5.41) is 1.08. The van der Waals surface area contributed by atoms with Gasteiger partial charge in [0.25, 0.3) is 0 Å². The highest BCUT2D eigenvalue weighted by Gasteiger charge is 2.14. The summed E-state index contributed by atoms with van der Waals surface area (Å²) in [6.07, 6.45) is 5.17. The molecule has 0 aliphatic carbocycles. The summed E-state index contributed by atoms with van der Waals surface area (Å²) in [7, 11) is 0. The maximum absolute atomic E-state index is 5.70. The van der Waals surface area contributed by atoms with Crippen LogP contribution in [-0.4, -0.2) is 19.9 Å². The molecule has 0 unspecified atom stereocenters. The standard InChI is InChI=1S/C19H15N5/c1-12-18(14-6-7-17(20)22-9-14)19(24-11-23-12)15-8-13-4-2-3-5-16(13)21-10-15/h2-11H,1H3,(H2,20,22). The van der Waals surface area contributed by atoms with Crippen LogP contribution in [0.4, 0.5) is 5.82 Å². The summed E-state index contributed by atoms with van der Waals surface area (Å²) >= 11 is 0. The van der Waals surface area contributed by atoms with E-state index in [1.807, 2.05) is 43.5 Å². The molecule has 0 amide bonds. The average molecular weight is 313 g/mol. The zero-order chi connectivity index (χ0) is 16.5. The van der Waals surface area contributed by atoms with Crippen LogP contribution in [0.1, 0.15) is 5.69 Å². The number of nitrogen functional groups attached to an aromatic ring is 1. The number of nitrogens with two attached hydrogens (primary N) is 1. The first kappa shape index (κ1) is 14.3. The average Bonchev–Trinajstić information content (AvgIpc) is 2.62. The van der Waals surface area contributed by atoms with Crippen molar-refractivity contribution in [2.45, 2.75) is 6.92 Å². The van der Waals surface area contributed by atoms with Gasteiger partial charge in [-0.15, -0.1) is 0 Å². The van der Waals surface area contributed by atoms with Crippen molar-refractivity contribution in [3.05, 3.63) is 66.9 Å². The SMILES string of the molecule is Cc1ncnc(-c2cnc3ccccc3c2)c1-c1ccc(N)nc1. The van der Waals surface area contributed by atoms with Gasteiger partial charge in [0, 0.05) is 40.2 Å². The van der Waals surface area contributed by atoms with Crippen molar-refractivity contribution < 1.29 is 0 Å². The highest BCUT2D eigenvalue weighted by Crippen LogP contribution is 2.32. The van der Waals surface area contributed by atoms with Crippen molar-refractivity contribution in [3.8, 4) is 22.4 Å². The second-order valence-corrected chi connectivity index (χ2v) is 5.57. The fraction of sp³-hybridized carbons (Fsp3) is 0.0526. The molecule has 0 radical (unpaired) electrons. The van der Waals surface area contributed by atoms with Crippen molar-refractivity contribution >= 4 is 16.7 Å². The first-order chi connectivity index (χ1) is 11.7. The summed E-state index contributed by atoms with van der Waals surface area (Å²) in [6.45, 7) is 1.96. The summed E-state index contributed by atoms with van der Waals surface area (Å²) < 4.78 is 0. The largest absolute Gasteiger partial charge is 0.384 e. The smallest absolute Gasteiger partial charge is 0.123 e. The van der Waals surface area contributed by atoms with E-state index >= 15 is 0 Å². The molecule has 24 heavy (non-hydrogen) atoms. The first-order valence-corrected chi connectivity index (χ1v) is 7.61. The molecule has 1 aromatic carbocycles. The third-order valence-corrected chi connectivity index (χ3v) is 3.98. The van der Waals surface area contributed by atoms with E-state index in [2.05, 4.69) is 26.0 Å². The second kappa shape index (κ2) is 5.70. The summed E-state index contributed by atoms with van der Waals surface area (Å²) in [5.41, 5.74) is 11.2. The number of benzene rings is 1. The molecule has 0 aliphatic rings. The van der Waals surface area contributed by atoms with Gasteiger partial charge in [-0.2, -0.15) is 0 Å².